The highest BCUT2D eigenvalue weighted by molar-refractivity contribution is 5.80. The van der Waals surface area contributed by atoms with Gasteiger partial charge in [-0.1, -0.05) is 13.8 Å². The maximum absolute atomic E-state index is 14.5. The van der Waals surface area contributed by atoms with E-state index < -0.39 is 5.82 Å². The summed E-state index contributed by atoms with van der Waals surface area (Å²) in [6, 6.07) is 5.74. The lowest BCUT2D eigenvalue weighted by atomic mass is 10.1. The number of ether oxygens (including phenoxy) is 2. The first kappa shape index (κ1) is 21.5. The van der Waals surface area contributed by atoms with Crippen LogP contribution in [0.2, 0.25) is 0 Å². The number of halogens is 1. The van der Waals surface area contributed by atoms with E-state index in [-0.39, 0.29) is 18.2 Å². The maximum atomic E-state index is 14.5. The maximum Gasteiger partial charge on any atom is 0.410 e. The summed E-state index contributed by atoms with van der Waals surface area (Å²) in [5.74, 6) is 0.249. The molecule has 0 N–H and O–H groups in total. The van der Waals surface area contributed by atoms with Crippen LogP contribution in [-0.2, 0) is 4.74 Å². The summed E-state index contributed by atoms with van der Waals surface area (Å²) in [7, 11) is 1.51. The van der Waals surface area contributed by atoms with Crippen molar-refractivity contribution in [3.8, 4) is 17.0 Å². The first-order valence-electron chi connectivity index (χ1n) is 11.3. The van der Waals surface area contributed by atoms with Crippen molar-refractivity contribution in [3.63, 3.8) is 0 Å². The second kappa shape index (κ2) is 8.53. The van der Waals surface area contributed by atoms with E-state index in [0.717, 1.165) is 37.1 Å². The van der Waals surface area contributed by atoms with Gasteiger partial charge in [0.15, 0.2) is 0 Å². The number of piperazine rings is 1. The standard InChI is InChI=1S/C24H28FN5O3/c1-15(2)14-33-24(31)30-17-4-5-18(30)13-28(12-17)21-6-7-27-29-11-16(8-22(21)29)19-9-23(32-3)26-10-20(19)25/h6-11,15,17-18H,4-5,12-14H2,1-3H3. The molecule has 5 heterocycles. The third-order valence-electron chi connectivity index (χ3n) is 6.41. The molecule has 9 heteroatoms. The Morgan fingerprint density at radius 2 is 2.00 bits per heavy atom. The summed E-state index contributed by atoms with van der Waals surface area (Å²) in [6.07, 6.45) is 6.45. The SMILES string of the molecule is COc1cc(-c2cc3c(N4CC5CCC(C4)N5C(=O)OCC(C)C)ccnn3c2)c(F)cn1. The molecule has 33 heavy (non-hydrogen) atoms. The molecule has 0 radical (unpaired) electrons. The average Bonchev–Trinajstić information content (AvgIpc) is 3.35. The number of anilines is 1. The van der Waals surface area contributed by atoms with E-state index in [1.165, 1.54) is 13.3 Å². The lowest BCUT2D eigenvalue weighted by molar-refractivity contribution is 0.0704. The van der Waals surface area contributed by atoms with Crippen LogP contribution in [0.3, 0.4) is 0 Å². The summed E-state index contributed by atoms with van der Waals surface area (Å²) >= 11 is 0. The number of pyridine rings is 1. The van der Waals surface area contributed by atoms with Gasteiger partial charge in [0.1, 0.15) is 5.82 Å². The molecule has 2 unspecified atom stereocenters. The fraction of sp³-hybridized carbons (Fsp3) is 0.458. The largest absolute Gasteiger partial charge is 0.481 e. The summed E-state index contributed by atoms with van der Waals surface area (Å²) < 4.78 is 27.0. The number of amides is 1. The number of methoxy groups -OCH3 is 1. The van der Waals surface area contributed by atoms with Crippen LogP contribution >= 0.6 is 0 Å². The van der Waals surface area contributed by atoms with Crippen LogP contribution in [0.25, 0.3) is 16.6 Å². The van der Waals surface area contributed by atoms with Crippen LogP contribution in [0.5, 0.6) is 5.88 Å². The molecule has 2 fully saturated rings. The Kier molecular flexibility index (Phi) is 5.55. The topological polar surface area (TPSA) is 72.2 Å². The highest BCUT2D eigenvalue weighted by atomic mass is 19.1. The van der Waals surface area contributed by atoms with Gasteiger partial charge in [0.05, 0.1) is 43.2 Å². The van der Waals surface area contributed by atoms with E-state index in [0.29, 0.717) is 29.5 Å². The molecule has 0 saturated carbocycles. The highest BCUT2D eigenvalue weighted by Crippen LogP contribution is 2.36. The summed E-state index contributed by atoms with van der Waals surface area (Å²) in [5.41, 5.74) is 3.02. The van der Waals surface area contributed by atoms with Gasteiger partial charge < -0.3 is 14.4 Å². The zero-order chi connectivity index (χ0) is 23.1. The molecule has 8 nitrogen and oxygen atoms in total. The van der Waals surface area contributed by atoms with Gasteiger partial charge in [-0.15, -0.1) is 0 Å². The number of hydrogen-bond donors (Lipinski definition) is 0. The van der Waals surface area contributed by atoms with E-state index in [9.17, 15) is 9.18 Å². The van der Waals surface area contributed by atoms with E-state index in [2.05, 4.69) is 15.0 Å². The van der Waals surface area contributed by atoms with Crippen LogP contribution in [-0.4, -0.2) is 64.5 Å². The number of carbonyl (C=O) groups excluding carboxylic acids is 1. The molecular formula is C24H28FN5O3. The molecule has 3 aromatic rings. The number of carbonyl (C=O) groups is 1. The molecule has 2 atom stereocenters. The highest BCUT2D eigenvalue weighted by Gasteiger charge is 2.43. The molecule has 2 bridgehead atoms. The lowest BCUT2D eigenvalue weighted by Gasteiger charge is -2.41. The van der Waals surface area contributed by atoms with Crippen molar-refractivity contribution in [2.45, 2.75) is 38.8 Å². The van der Waals surface area contributed by atoms with Gasteiger partial charge in [0, 0.05) is 42.7 Å². The lowest BCUT2D eigenvalue weighted by Crippen LogP contribution is -2.56. The number of rotatable bonds is 5. The molecule has 5 rings (SSSR count). The van der Waals surface area contributed by atoms with Crippen molar-refractivity contribution in [3.05, 3.63) is 42.6 Å². The predicted molar refractivity (Wildman–Crippen MR) is 122 cm³/mol. The zero-order valence-electron chi connectivity index (χ0n) is 19.1. The first-order chi connectivity index (χ1) is 15.9. The summed E-state index contributed by atoms with van der Waals surface area (Å²) in [6.45, 7) is 5.96. The van der Waals surface area contributed by atoms with Gasteiger partial charge in [-0.3, -0.25) is 4.90 Å². The fourth-order valence-electron chi connectivity index (χ4n) is 4.88. The monoisotopic (exact) mass is 453 g/mol. The van der Waals surface area contributed by atoms with E-state index >= 15 is 0 Å². The normalized spacial score (nSPS) is 20.0. The molecule has 174 valence electrons. The molecular weight excluding hydrogens is 425 g/mol. The smallest absolute Gasteiger partial charge is 0.410 e. The van der Waals surface area contributed by atoms with Crippen molar-refractivity contribution in [1.82, 2.24) is 19.5 Å². The van der Waals surface area contributed by atoms with Gasteiger partial charge in [0.2, 0.25) is 5.88 Å². The Bertz CT molecular complexity index is 1170. The van der Waals surface area contributed by atoms with Crippen molar-refractivity contribution in [1.29, 1.82) is 0 Å². The molecule has 3 aromatic heterocycles. The molecule has 2 aliphatic heterocycles. The van der Waals surface area contributed by atoms with Crippen LogP contribution in [0.15, 0.2) is 36.8 Å². The third-order valence-corrected chi connectivity index (χ3v) is 6.41. The van der Waals surface area contributed by atoms with Crippen LogP contribution in [0, 0.1) is 11.7 Å². The Morgan fingerprint density at radius 1 is 1.24 bits per heavy atom. The van der Waals surface area contributed by atoms with Crippen molar-refractivity contribution in [2.75, 3.05) is 31.7 Å². The van der Waals surface area contributed by atoms with Gasteiger partial charge in [-0.05, 0) is 30.9 Å². The zero-order valence-corrected chi connectivity index (χ0v) is 19.1. The van der Waals surface area contributed by atoms with Crippen molar-refractivity contribution >= 4 is 17.3 Å². The third kappa shape index (κ3) is 3.96. The quantitative estimate of drug-likeness (QED) is 0.582. The predicted octanol–water partition coefficient (Wildman–Crippen LogP) is 3.99. The summed E-state index contributed by atoms with van der Waals surface area (Å²) in [5, 5.41) is 4.43. The molecule has 0 spiro atoms. The number of nitrogens with zero attached hydrogens (tertiary/aromatic N) is 5. The van der Waals surface area contributed by atoms with Gasteiger partial charge >= 0.3 is 6.09 Å². The van der Waals surface area contributed by atoms with Gasteiger partial charge in [-0.25, -0.2) is 18.7 Å². The number of hydrogen-bond acceptors (Lipinski definition) is 6. The van der Waals surface area contributed by atoms with Crippen molar-refractivity contribution in [2.24, 2.45) is 5.92 Å². The van der Waals surface area contributed by atoms with Gasteiger partial charge in [0.25, 0.3) is 0 Å². The Labute approximate surface area is 191 Å². The second-order valence-corrected chi connectivity index (χ2v) is 9.15. The fourth-order valence-corrected chi connectivity index (χ4v) is 4.88. The second-order valence-electron chi connectivity index (χ2n) is 9.15. The summed E-state index contributed by atoms with van der Waals surface area (Å²) in [4.78, 5) is 20.8. The minimum absolute atomic E-state index is 0.118. The Hall–Kier alpha value is -3.36. The van der Waals surface area contributed by atoms with Gasteiger partial charge in [-0.2, -0.15) is 5.10 Å². The average molecular weight is 454 g/mol. The minimum Gasteiger partial charge on any atom is -0.481 e. The van der Waals surface area contributed by atoms with Crippen LogP contribution in [0.1, 0.15) is 26.7 Å². The van der Waals surface area contributed by atoms with Crippen LogP contribution < -0.4 is 9.64 Å². The molecule has 2 saturated heterocycles. The first-order valence-corrected chi connectivity index (χ1v) is 11.3. The number of fused-ring (bicyclic) bond motifs is 3. The Balaban J connectivity index is 1.42. The molecule has 1 amide bonds. The molecule has 0 aliphatic carbocycles. The molecule has 0 aromatic carbocycles. The number of aromatic nitrogens is 3. The van der Waals surface area contributed by atoms with Crippen LogP contribution in [0.4, 0.5) is 14.9 Å². The van der Waals surface area contributed by atoms with E-state index in [1.807, 2.05) is 37.1 Å². The van der Waals surface area contributed by atoms with Crippen molar-refractivity contribution < 1.29 is 18.7 Å². The van der Waals surface area contributed by atoms with E-state index in [1.54, 1.807) is 16.8 Å². The van der Waals surface area contributed by atoms with E-state index in [4.69, 9.17) is 9.47 Å². The minimum atomic E-state index is -0.417. The Morgan fingerprint density at radius 3 is 2.70 bits per heavy atom. The molecule has 2 aliphatic rings.